The van der Waals surface area contributed by atoms with Crippen molar-refractivity contribution < 1.29 is 27.5 Å². The summed E-state index contributed by atoms with van der Waals surface area (Å²) in [6, 6.07) is 9.88. The number of carbonyl (C=O) groups is 2. The second-order valence-electron chi connectivity index (χ2n) is 6.25. The maximum Gasteiger partial charge on any atom is 0.418 e. The van der Waals surface area contributed by atoms with Gasteiger partial charge in [-0.2, -0.15) is 13.2 Å². The number of benzene rings is 2. The van der Waals surface area contributed by atoms with Gasteiger partial charge in [-0.3, -0.25) is 14.5 Å². The normalized spacial score (nSPS) is 16.6. The summed E-state index contributed by atoms with van der Waals surface area (Å²) in [7, 11) is 0. The molecule has 1 atom stereocenters. The van der Waals surface area contributed by atoms with E-state index in [-0.39, 0.29) is 5.69 Å². The van der Waals surface area contributed by atoms with E-state index in [4.69, 9.17) is 4.74 Å². The molecule has 5 nitrogen and oxygen atoms in total. The Morgan fingerprint density at radius 2 is 1.93 bits per heavy atom. The van der Waals surface area contributed by atoms with Crippen LogP contribution < -0.4 is 15.0 Å². The van der Waals surface area contributed by atoms with Gasteiger partial charge in [0.25, 0.3) is 5.91 Å². The van der Waals surface area contributed by atoms with Gasteiger partial charge in [-0.05, 0) is 43.7 Å². The maximum absolute atomic E-state index is 13.1. The van der Waals surface area contributed by atoms with E-state index in [1.807, 2.05) is 6.92 Å². The monoisotopic (exact) mass is 378 g/mol. The number of halogens is 3. The van der Waals surface area contributed by atoms with E-state index in [1.165, 1.54) is 23.1 Å². The van der Waals surface area contributed by atoms with Gasteiger partial charge in [0.2, 0.25) is 5.91 Å². The number of fused-ring (bicyclic) bond motifs is 1. The van der Waals surface area contributed by atoms with E-state index < -0.39 is 36.2 Å². The largest absolute Gasteiger partial charge is 0.479 e. The van der Waals surface area contributed by atoms with Crippen LogP contribution in [0, 0.1) is 6.92 Å². The molecule has 1 heterocycles. The average molecular weight is 378 g/mol. The topological polar surface area (TPSA) is 58.6 Å². The Hall–Kier alpha value is -3.03. The van der Waals surface area contributed by atoms with Crippen LogP contribution in [-0.2, 0) is 15.8 Å². The first-order valence-electron chi connectivity index (χ1n) is 8.21. The number of nitrogens with one attached hydrogen (secondary N) is 1. The average Bonchev–Trinajstić information content (AvgIpc) is 2.59. The Balaban J connectivity index is 1.85. The van der Waals surface area contributed by atoms with E-state index in [2.05, 4.69) is 5.32 Å². The number of rotatable bonds is 3. The zero-order valence-electron chi connectivity index (χ0n) is 14.6. The van der Waals surface area contributed by atoms with Crippen molar-refractivity contribution in [3.63, 3.8) is 0 Å². The molecular weight excluding hydrogens is 361 g/mol. The SMILES string of the molecule is Cc1ccc2c(c1)N(CC(=O)Nc1ccccc1C(F)(F)F)C(=O)C(C)O2. The molecule has 0 saturated carbocycles. The fourth-order valence-corrected chi connectivity index (χ4v) is 2.85. The molecule has 0 aliphatic carbocycles. The van der Waals surface area contributed by atoms with Crippen molar-refractivity contribution in [3.8, 4) is 5.75 Å². The maximum atomic E-state index is 13.1. The molecule has 8 heteroatoms. The molecule has 1 unspecified atom stereocenters. The molecule has 2 aromatic carbocycles. The Labute approximate surface area is 153 Å². The molecule has 2 amide bonds. The first-order chi connectivity index (χ1) is 12.7. The van der Waals surface area contributed by atoms with E-state index in [0.29, 0.717) is 11.4 Å². The number of amides is 2. The number of ether oxygens (including phenoxy) is 1. The second-order valence-corrected chi connectivity index (χ2v) is 6.25. The minimum Gasteiger partial charge on any atom is -0.479 e. The van der Waals surface area contributed by atoms with Crippen molar-refractivity contribution in [1.82, 2.24) is 0 Å². The predicted octanol–water partition coefficient (Wildman–Crippen LogP) is 3.77. The van der Waals surface area contributed by atoms with Crippen molar-refractivity contribution in [2.75, 3.05) is 16.8 Å². The van der Waals surface area contributed by atoms with Gasteiger partial charge in [-0.25, -0.2) is 0 Å². The summed E-state index contributed by atoms with van der Waals surface area (Å²) < 4.78 is 44.8. The lowest BCUT2D eigenvalue weighted by Gasteiger charge is -2.32. The van der Waals surface area contributed by atoms with E-state index in [1.54, 1.807) is 25.1 Å². The van der Waals surface area contributed by atoms with Crippen LogP contribution in [-0.4, -0.2) is 24.5 Å². The third-order valence-corrected chi connectivity index (χ3v) is 4.13. The summed E-state index contributed by atoms with van der Waals surface area (Å²) in [6.45, 7) is 2.95. The third kappa shape index (κ3) is 3.89. The molecule has 0 bridgehead atoms. The van der Waals surface area contributed by atoms with Crippen LogP contribution in [0.2, 0.25) is 0 Å². The minimum atomic E-state index is -4.60. The van der Waals surface area contributed by atoms with Crippen LogP contribution in [0.3, 0.4) is 0 Å². The molecule has 0 spiro atoms. The van der Waals surface area contributed by atoms with Crippen LogP contribution in [0.5, 0.6) is 5.75 Å². The Kier molecular flexibility index (Phi) is 4.82. The van der Waals surface area contributed by atoms with Crippen LogP contribution in [0.4, 0.5) is 24.5 Å². The number of alkyl halides is 3. The zero-order chi connectivity index (χ0) is 19.8. The molecule has 1 aliphatic rings. The number of aryl methyl sites for hydroxylation is 1. The number of para-hydroxylation sites is 1. The van der Waals surface area contributed by atoms with Gasteiger partial charge in [0.05, 0.1) is 16.9 Å². The van der Waals surface area contributed by atoms with Crippen LogP contribution in [0.1, 0.15) is 18.1 Å². The summed E-state index contributed by atoms with van der Waals surface area (Å²) in [5.41, 5.74) is -0.0330. The molecule has 1 aliphatic heterocycles. The summed E-state index contributed by atoms with van der Waals surface area (Å²) in [5, 5.41) is 2.25. The molecule has 3 rings (SSSR count). The third-order valence-electron chi connectivity index (χ3n) is 4.13. The van der Waals surface area contributed by atoms with E-state index >= 15 is 0 Å². The lowest BCUT2D eigenvalue weighted by Crippen LogP contribution is -2.47. The van der Waals surface area contributed by atoms with Crippen LogP contribution >= 0.6 is 0 Å². The Bertz CT molecular complexity index is 896. The first-order valence-corrected chi connectivity index (χ1v) is 8.21. The fourth-order valence-electron chi connectivity index (χ4n) is 2.85. The number of hydrogen-bond acceptors (Lipinski definition) is 3. The van der Waals surface area contributed by atoms with Crippen molar-refractivity contribution in [2.24, 2.45) is 0 Å². The summed E-state index contributed by atoms with van der Waals surface area (Å²) >= 11 is 0. The van der Waals surface area contributed by atoms with Gasteiger partial charge in [0, 0.05) is 0 Å². The smallest absolute Gasteiger partial charge is 0.418 e. The molecule has 27 heavy (non-hydrogen) atoms. The molecule has 0 radical (unpaired) electrons. The van der Waals surface area contributed by atoms with Crippen LogP contribution in [0.25, 0.3) is 0 Å². The molecule has 0 aromatic heterocycles. The van der Waals surface area contributed by atoms with Crippen molar-refractivity contribution in [1.29, 1.82) is 0 Å². The number of carbonyl (C=O) groups excluding carboxylic acids is 2. The van der Waals surface area contributed by atoms with E-state index in [0.717, 1.165) is 11.6 Å². The van der Waals surface area contributed by atoms with Gasteiger partial charge < -0.3 is 10.1 Å². The van der Waals surface area contributed by atoms with Gasteiger partial charge in [0.1, 0.15) is 12.3 Å². The van der Waals surface area contributed by atoms with Crippen molar-refractivity contribution in [2.45, 2.75) is 26.1 Å². The molecule has 0 fully saturated rings. The zero-order valence-corrected chi connectivity index (χ0v) is 14.6. The highest BCUT2D eigenvalue weighted by Gasteiger charge is 2.35. The minimum absolute atomic E-state index is 0.353. The number of anilines is 2. The molecule has 0 saturated heterocycles. The van der Waals surface area contributed by atoms with Crippen molar-refractivity contribution in [3.05, 3.63) is 53.6 Å². The van der Waals surface area contributed by atoms with Crippen molar-refractivity contribution >= 4 is 23.2 Å². The summed E-state index contributed by atoms with van der Waals surface area (Å²) in [6.07, 6.45) is -5.40. The van der Waals surface area contributed by atoms with Crippen LogP contribution in [0.15, 0.2) is 42.5 Å². The lowest BCUT2D eigenvalue weighted by atomic mass is 10.1. The number of nitrogens with zero attached hydrogens (tertiary/aromatic N) is 1. The molecule has 1 N–H and O–H groups in total. The first kappa shape index (κ1) is 18.8. The quantitative estimate of drug-likeness (QED) is 0.885. The van der Waals surface area contributed by atoms with Gasteiger partial charge in [-0.15, -0.1) is 0 Å². The summed E-state index contributed by atoms with van der Waals surface area (Å²) in [5.74, 6) is -0.731. The van der Waals surface area contributed by atoms with Gasteiger partial charge in [0.15, 0.2) is 6.10 Å². The fraction of sp³-hybridized carbons (Fsp3) is 0.263. The van der Waals surface area contributed by atoms with Gasteiger partial charge >= 0.3 is 6.18 Å². The molecule has 2 aromatic rings. The molecule has 142 valence electrons. The lowest BCUT2D eigenvalue weighted by molar-refractivity contribution is -0.137. The highest BCUT2D eigenvalue weighted by atomic mass is 19.4. The summed E-state index contributed by atoms with van der Waals surface area (Å²) in [4.78, 5) is 26.1. The molecular formula is C19H17F3N2O3. The standard InChI is InChI=1S/C19H17F3N2O3/c1-11-7-8-16-15(9-11)24(18(26)12(2)27-16)10-17(25)23-14-6-4-3-5-13(14)19(20,21)22/h3-9,12H,10H2,1-2H3,(H,23,25). The highest BCUT2D eigenvalue weighted by Crippen LogP contribution is 2.36. The second kappa shape index (κ2) is 6.94. The Morgan fingerprint density at radius 1 is 1.22 bits per heavy atom. The predicted molar refractivity (Wildman–Crippen MR) is 93.7 cm³/mol. The number of hydrogen-bond donors (Lipinski definition) is 1. The van der Waals surface area contributed by atoms with E-state index in [9.17, 15) is 22.8 Å². The van der Waals surface area contributed by atoms with Gasteiger partial charge in [-0.1, -0.05) is 18.2 Å². The Morgan fingerprint density at radius 3 is 2.63 bits per heavy atom. The highest BCUT2D eigenvalue weighted by molar-refractivity contribution is 6.06.